The number of nitrogens with zero attached hydrogens (tertiary/aromatic N) is 1. The van der Waals surface area contributed by atoms with Crippen LogP contribution in [0.4, 0.5) is 0 Å². The van der Waals surface area contributed by atoms with Gasteiger partial charge in [-0.05, 0) is 19.8 Å². The Labute approximate surface area is 102 Å². The van der Waals surface area contributed by atoms with E-state index in [0.29, 0.717) is 26.2 Å². The van der Waals surface area contributed by atoms with Crippen molar-refractivity contribution in [1.29, 1.82) is 5.26 Å². The molecule has 1 unspecified atom stereocenters. The zero-order valence-corrected chi connectivity index (χ0v) is 10.5. The Bertz CT molecular complexity index is 284. The number of nitrogens with one attached hydrogen (secondary N) is 1. The zero-order valence-electron chi connectivity index (χ0n) is 10.5. The van der Waals surface area contributed by atoms with E-state index < -0.39 is 11.8 Å². The number of carbonyl (C=O) groups excluding carboxylic acids is 2. The van der Waals surface area contributed by atoms with Gasteiger partial charge in [0.05, 0.1) is 6.07 Å². The van der Waals surface area contributed by atoms with E-state index in [1.807, 2.05) is 13.8 Å². The van der Waals surface area contributed by atoms with Crippen LogP contribution in [-0.2, 0) is 14.3 Å². The molecule has 0 radical (unpaired) electrons. The topological polar surface area (TPSA) is 79.2 Å². The second kappa shape index (κ2) is 9.79. The molecule has 0 rings (SSSR count). The Kier molecular flexibility index (Phi) is 8.98. The molecule has 0 spiro atoms. The van der Waals surface area contributed by atoms with Gasteiger partial charge in [0.15, 0.2) is 11.7 Å². The van der Waals surface area contributed by atoms with Gasteiger partial charge in [0.2, 0.25) is 5.91 Å². The average molecular weight is 240 g/mol. The summed E-state index contributed by atoms with van der Waals surface area (Å²) in [6, 6.07) is 1.75. The normalized spacial score (nSPS) is 11.6. The summed E-state index contributed by atoms with van der Waals surface area (Å²) in [5.41, 5.74) is 0. The molecule has 1 atom stereocenters. The molecule has 0 aliphatic rings. The molecule has 1 N–H and O–H groups in total. The van der Waals surface area contributed by atoms with E-state index in [2.05, 4.69) is 5.32 Å². The summed E-state index contributed by atoms with van der Waals surface area (Å²) in [7, 11) is 0. The smallest absolute Gasteiger partial charge is 0.244 e. The number of hydrogen-bond acceptors (Lipinski definition) is 4. The fourth-order valence-electron chi connectivity index (χ4n) is 1.26. The van der Waals surface area contributed by atoms with Gasteiger partial charge >= 0.3 is 0 Å². The number of Topliss-reactive ketones (excluding diaryl/α,β-unsaturated/α-hetero) is 1. The quantitative estimate of drug-likeness (QED) is 0.482. The Hall–Kier alpha value is -1.41. The summed E-state index contributed by atoms with van der Waals surface area (Å²) in [6.07, 6.45) is 1.53. The van der Waals surface area contributed by atoms with Crippen LogP contribution in [0.2, 0.25) is 0 Å². The molecule has 0 fully saturated rings. The lowest BCUT2D eigenvalue weighted by Crippen LogP contribution is -2.35. The molecule has 0 bridgehead atoms. The Morgan fingerprint density at radius 1 is 1.41 bits per heavy atom. The zero-order chi connectivity index (χ0) is 13.1. The van der Waals surface area contributed by atoms with Crippen LogP contribution >= 0.6 is 0 Å². The van der Waals surface area contributed by atoms with Gasteiger partial charge in [-0.1, -0.05) is 6.92 Å². The van der Waals surface area contributed by atoms with Crippen LogP contribution < -0.4 is 5.32 Å². The number of carbonyl (C=O) groups is 2. The van der Waals surface area contributed by atoms with E-state index in [4.69, 9.17) is 10.00 Å². The maximum Gasteiger partial charge on any atom is 0.244 e. The lowest BCUT2D eigenvalue weighted by Gasteiger charge is -2.08. The van der Waals surface area contributed by atoms with Crippen LogP contribution in [0.3, 0.4) is 0 Å². The van der Waals surface area contributed by atoms with Crippen molar-refractivity contribution in [2.75, 3.05) is 19.8 Å². The number of amides is 1. The van der Waals surface area contributed by atoms with Gasteiger partial charge in [-0.3, -0.25) is 9.59 Å². The molecule has 0 aromatic rings. The monoisotopic (exact) mass is 240 g/mol. The Balaban J connectivity index is 4.04. The SMILES string of the molecule is CCCNC(=O)C(C#N)C(=O)CCCOCC. The van der Waals surface area contributed by atoms with Crippen molar-refractivity contribution in [3.63, 3.8) is 0 Å². The van der Waals surface area contributed by atoms with Crippen molar-refractivity contribution in [3.8, 4) is 6.07 Å². The van der Waals surface area contributed by atoms with Crippen LogP contribution in [0, 0.1) is 17.2 Å². The molecule has 0 aliphatic heterocycles. The predicted octanol–water partition coefficient (Wildman–Crippen LogP) is 1.04. The second-order valence-electron chi connectivity index (χ2n) is 3.62. The molecule has 0 aromatic carbocycles. The molecule has 0 heterocycles. The summed E-state index contributed by atoms with van der Waals surface area (Å²) in [6.45, 7) is 5.36. The van der Waals surface area contributed by atoms with Gasteiger partial charge in [0, 0.05) is 26.2 Å². The maximum atomic E-state index is 11.6. The van der Waals surface area contributed by atoms with Gasteiger partial charge in [0.1, 0.15) is 0 Å². The van der Waals surface area contributed by atoms with Crippen molar-refractivity contribution in [3.05, 3.63) is 0 Å². The first kappa shape index (κ1) is 15.6. The maximum absolute atomic E-state index is 11.6. The number of hydrogen-bond donors (Lipinski definition) is 1. The van der Waals surface area contributed by atoms with Gasteiger partial charge < -0.3 is 10.1 Å². The first-order chi connectivity index (χ1) is 8.17. The van der Waals surface area contributed by atoms with Crippen molar-refractivity contribution >= 4 is 11.7 Å². The molecule has 5 heteroatoms. The predicted molar refractivity (Wildman–Crippen MR) is 63.1 cm³/mol. The third-order valence-corrected chi connectivity index (χ3v) is 2.18. The van der Waals surface area contributed by atoms with E-state index in [-0.39, 0.29) is 12.2 Å². The average Bonchev–Trinajstić information content (AvgIpc) is 2.33. The Morgan fingerprint density at radius 3 is 2.65 bits per heavy atom. The summed E-state index contributed by atoms with van der Waals surface area (Å²) in [5, 5.41) is 11.4. The molecule has 0 aliphatic carbocycles. The van der Waals surface area contributed by atoms with E-state index in [9.17, 15) is 9.59 Å². The summed E-state index contributed by atoms with van der Waals surface area (Å²) in [5.74, 6) is -2.00. The van der Waals surface area contributed by atoms with Crippen LogP contribution in [0.5, 0.6) is 0 Å². The van der Waals surface area contributed by atoms with Crippen LogP contribution in [0.25, 0.3) is 0 Å². The number of rotatable bonds is 9. The molecular formula is C12H20N2O3. The first-order valence-electron chi connectivity index (χ1n) is 5.95. The minimum atomic E-state index is -1.18. The van der Waals surface area contributed by atoms with Crippen LogP contribution in [0.15, 0.2) is 0 Å². The summed E-state index contributed by atoms with van der Waals surface area (Å²) in [4.78, 5) is 23.1. The second-order valence-corrected chi connectivity index (χ2v) is 3.62. The van der Waals surface area contributed by atoms with Crippen LogP contribution in [-0.4, -0.2) is 31.4 Å². The largest absolute Gasteiger partial charge is 0.382 e. The lowest BCUT2D eigenvalue weighted by molar-refractivity contribution is -0.131. The minimum Gasteiger partial charge on any atom is -0.382 e. The summed E-state index contributed by atoms with van der Waals surface area (Å²) >= 11 is 0. The van der Waals surface area contributed by atoms with Crippen LogP contribution in [0.1, 0.15) is 33.1 Å². The molecule has 1 amide bonds. The fourth-order valence-corrected chi connectivity index (χ4v) is 1.26. The highest BCUT2D eigenvalue weighted by Gasteiger charge is 2.25. The van der Waals surface area contributed by atoms with Crippen molar-refractivity contribution in [2.24, 2.45) is 5.92 Å². The third-order valence-electron chi connectivity index (χ3n) is 2.18. The molecule has 0 aromatic heterocycles. The van der Waals surface area contributed by atoms with E-state index in [1.165, 1.54) is 0 Å². The van der Waals surface area contributed by atoms with Gasteiger partial charge in [-0.15, -0.1) is 0 Å². The molecule has 0 saturated carbocycles. The Morgan fingerprint density at radius 2 is 2.12 bits per heavy atom. The van der Waals surface area contributed by atoms with Crippen molar-refractivity contribution < 1.29 is 14.3 Å². The standard InChI is InChI=1S/C12H20N2O3/c1-3-7-14-12(16)10(9-13)11(15)6-5-8-17-4-2/h10H,3-8H2,1-2H3,(H,14,16). The van der Waals surface area contributed by atoms with E-state index >= 15 is 0 Å². The summed E-state index contributed by atoms with van der Waals surface area (Å²) < 4.78 is 5.09. The lowest BCUT2D eigenvalue weighted by atomic mass is 10.0. The molecule has 17 heavy (non-hydrogen) atoms. The van der Waals surface area contributed by atoms with E-state index in [1.54, 1.807) is 6.07 Å². The highest BCUT2D eigenvalue weighted by molar-refractivity contribution is 6.03. The number of ketones is 1. The van der Waals surface area contributed by atoms with Gasteiger partial charge in [-0.25, -0.2) is 0 Å². The first-order valence-corrected chi connectivity index (χ1v) is 5.95. The van der Waals surface area contributed by atoms with Crippen molar-refractivity contribution in [1.82, 2.24) is 5.32 Å². The van der Waals surface area contributed by atoms with E-state index in [0.717, 1.165) is 6.42 Å². The molecular weight excluding hydrogens is 220 g/mol. The van der Waals surface area contributed by atoms with Gasteiger partial charge in [0.25, 0.3) is 0 Å². The highest BCUT2D eigenvalue weighted by atomic mass is 16.5. The highest BCUT2D eigenvalue weighted by Crippen LogP contribution is 2.04. The number of nitriles is 1. The third kappa shape index (κ3) is 6.69. The van der Waals surface area contributed by atoms with Crippen molar-refractivity contribution in [2.45, 2.75) is 33.1 Å². The minimum absolute atomic E-state index is 0.206. The van der Waals surface area contributed by atoms with Gasteiger partial charge in [-0.2, -0.15) is 5.26 Å². The molecule has 5 nitrogen and oxygen atoms in total. The molecule has 0 saturated heterocycles. The fraction of sp³-hybridized carbons (Fsp3) is 0.750. The number of ether oxygens (including phenoxy) is 1. The molecule has 96 valence electrons.